The summed E-state index contributed by atoms with van der Waals surface area (Å²) in [6, 6.07) is 6.91. The van der Waals surface area contributed by atoms with E-state index in [9.17, 15) is 4.79 Å². The van der Waals surface area contributed by atoms with Crippen molar-refractivity contribution in [1.29, 1.82) is 0 Å². The Labute approximate surface area is 131 Å². The smallest absolute Gasteiger partial charge is 0.335 e. The monoisotopic (exact) mass is 300 g/mol. The topological polar surface area (TPSA) is 55.1 Å². The largest absolute Gasteiger partial charge is 0.478 e. The molecule has 0 fully saturated rings. The zero-order chi connectivity index (χ0) is 15.8. The fraction of sp³-hybridized carbons (Fsp3) is 0.444. The average molecular weight is 300 g/mol. The summed E-state index contributed by atoms with van der Waals surface area (Å²) in [5.74, 6) is -0.898. The summed E-state index contributed by atoms with van der Waals surface area (Å²) in [7, 11) is 0. The second kappa shape index (κ2) is 8.37. The van der Waals surface area contributed by atoms with Crippen LogP contribution in [0.3, 0.4) is 0 Å². The zero-order valence-electron chi connectivity index (χ0n) is 13.2. The molecule has 0 saturated carbocycles. The van der Waals surface area contributed by atoms with Crippen LogP contribution < -0.4 is 0 Å². The fourth-order valence-electron chi connectivity index (χ4n) is 2.49. The van der Waals surface area contributed by atoms with E-state index in [2.05, 4.69) is 12.0 Å². The van der Waals surface area contributed by atoms with Crippen molar-refractivity contribution in [3.05, 3.63) is 42.2 Å². The van der Waals surface area contributed by atoms with Crippen molar-refractivity contribution in [3.63, 3.8) is 0 Å². The molecule has 0 bridgehead atoms. The van der Waals surface area contributed by atoms with Gasteiger partial charge in [-0.1, -0.05) is 51.2 Å². The molecule has 0 spiro atoms. The number of aromatic carboxylic acids is 1. The lowest BCUT2D eigenvalue weighted by molar-refractivity contribution is 0.0697. The van der Waals surface area contributed by atoms with Crippen molar-refractivity contribution < 1.29 is 9.90 Å². The molecular weight excluding hydrogens is 276 g/mol. The Morgan fingerprint density at radius 3 is 2.41 bits per heavy atom. The van der Waals surface area contributed by atoms with Crippen LogP contribution in [0, 0.1) is 0 Å². The first kappa shape index (κ1) is 16.3. The Bertz CT molecular complexity index is 587. The molecule has 1 aromatic carbocycles. The summed E-state index contributed by atoms with van der Waals surface area (Å²) < 4.78 is 1.97. The normalized spacial score (nSPS) is 10.8. The third kappa shape index (κ3) is 4.72. The third-order valence-corrected chi connectivity index (χ3v) is 3.84. The number of aryl methyl sites for hydroxylation is 1. The van der Waals surface area contributed by atoms with Gasteiger partial charge in [-0.25, -0.2) is 4.79 Å². The minimum Gasteiger partial charge on any atom is -0.478 e. The molecule has 1 heterocycles. The van der Waals surface area contributed by atoms with Crippen molar-refractivity contribution in [2.75, 3.05) is 0 Å². The van der Waals surface area contributed by atoms with E-state index >= 15 is 0 Å². The number of carbonyl (C=O) groups is 1. The van der Waals surface area contributed by atoms with E-state index < -0.39 is 5.97 Å². The molecule has 1 N–H and O–H groups in total. The third-order valence-electron chi connectivity index (χ3n) is 3.84. The van der Waals surface area contributed by atoms with Crippen molar-refractivity contribution in [3.8, 4) is 11.1 Å². The van der Waals surface area contributed by atoms with Crippen LogP contribution in [0.5, 0.6) is 0 Å². The number of unbranched alkanes of at least 4 members (excludes halogenated alkanes) is 5. The predicted octanol–water partition coefficient (Wildman–Crippen LogP) is 4.61. The number of hydrogen-bond acceptors (Lipinski definition) is 2. The van der Waals surface area contributed by atoms with Crippen molar-refractivity contribution >= 4 is 5.97 Å². The number of nitrogens with zero attached hydrogens (tertiary/aromatic N) is 2. The highest BCUT2D eigenvalue weighted by molar-refractivity contribution is 5.88. The van der Waals surface area contributed by atoms with Crippen molar-refractivity contribution in [1.82, 2.24) is 9.78 Å². The Kier molecular flexibility index (Phi) is 6.19. The lowest BCUT2D eigenvalue weighted by atomic mass is 10.1. The number of hydrogen-bond donors (Lipinski definition) is 1. The molecular formula is C18H24N2O2. The van der Waals surface area contributed by atoms with Gasteiger partial charge < -0.3 is 5.11 Å². The summed E-state index contributed by atoms with van der Waals surface area (Å²) in [6.45, 7) is 3.17. The molecule has 0 radical (unpaired) electrons. The van der Waals surface area contributed by atoms with Gasteiger partial charge >= 0.3 is 5.97 Å². The van der Waals surface area contributed by atoms with Gasteiger partial charge in [-0.05, 0) is 24.1 Å². The lowest BCUT2D eigenvalue weighted by Crippen LogP contribution is -1.97. The van der Waals surface area contributed by atoms with Gasteiger partial charge in [-0.3, -0.25) is 4.68 Å². The maximum absolute atomic E-state index is 10.8. The first-order chi connectivity index (χ1) is 10.7. The predicted molar refractivity (Wildman–Crippen MR) is 88.0 cm³/mol. The van der Waals surface area contributed by atoms with Crippen molar-refractivity contribution in [2.45, 2.75) is 52.0 Å². The molecule has 0 amide bonds. The Morgan fingerprint density at radius 1 is 1.05 bits per heavy atom. The van der Waals surface area contributed by atoms with E-state index in [0.717, 1.165) is 24.1 Å². The zero-order valence-corrected chi connectivity index (χ0v) is 13.2. The summed E-state index contributed by atoms with van der Waals surface area (Å²) in [5.41, 5.74) is 2.34. The second-order valence-corrected chi connectivity index (χ2v) is 5.64. The van der Waals surface area contributed by atoms with Crippen LogP contribution in [-0.2, 0) is 6.54 Å². The Morgan fingerprint density at radius 2 is 1.73 bits per heavy atom. The highest BCUT2D eigenvalue weighted by Crippen LogP contribution is 2.19. The van der Waals surface area contributed by atoms with Gasteiger partial charge in [0.25, 0.3) is 0 Å². The quantitative estimate of drug-likeness (QED) is 0.688. The molecule has 2 aromatic rings. The number of benzene rings is 1. The minimum atomic E-state index is -0.898. The molecule has 4 heteroatoms. The van der Waals surface area contributed by atoms with Gasteiger partial charge in [0, 0.05) is 18.3 Å². The molecule has 22 heavy (non-hydrogen) atoms. The minimum absolute atomic E-state index is 0.309. The molecule has 2 rings (SSSR count). The fourth-order valence-corrected chi connectivity index (χ4v) is 2.49. The summed E-state index contributed by atoms with van der Waals surface area (Å²) in [6.07, 6.45) is 11.5. The van der Waals surface area contributed by atoms with E-state index in [1.165, 1.54) is 32.1 Å². The van der Waals surface area contributed by atoms with Crippen LogP contribution in [0.4, 0.5) is 0 Å². The standard InChI is InChI=1S/C18H24N2O2/c1-2-3-4-5-6-7-12-20-14-17(13-19-20)15-8-10-16(11-9-15)18(21)22/h8-11,13-14H,2-7,12H2,1H3,(H,21,22). The molecule has 4 nitrogen and oxygen atoms in total. The number of carboxylic acids is 1. The Hall–Kier alpha value is -2.10. The molecule has 0 aliphatic rings. The lowest BCUT2D eigenvalue weighted by Gasteiger charge is -2.02. The van der Waals surface area contributed by atoms with E-state index in [4.69, 9.17) is 5.11 Å². The maximum atomic E-state index is 10.8. The second-order valence-electron chi connectivity index (χ2n) is 5.64. The SMILES string of the molecule is CCCCCCCCn1cc(-c2ccc(C(=O)O)cc2)cn1. The van der Waals surface area contributed by atoms with Gasteiger partial charge in [-0.15, -0.1) is 0 Å². The van der Waals surface area contributed by atoms with Crippen molar-refractivity contribution in [2.24, 2.45) is 0 Å². The van der Waals surface area contributed by atoms with Gasteiger partial charge in [0.2, 0.25) is 0 Å². The number of aromatic nitrogens is 2. The number of rotatable bonds is 9. The van der Waals surface area contributed by atoms with Crippen LogP contribution >= 0.6 is 0 Å². The van der Waals surface area contributed by atoms with Gasteiger partial charge in [0.15, 0.2) is 0 Å². The van der Waals surface area contributed by atoms with Crippen LogP contribution in [0.1, 0.15) is 55.8 Å². The van der Waals surface area contributed by atoms with Crippen LogP contribution in [0.15, 0.2) is 36.7 Å². The van der Waals surface area contributed by atoms with Gasteiger partial charge in [0.05, 0.1) is 11.8 Å². The van der Waals surface area contributed by atoms with E-state index in [-0.39, 0.29) is 0 Å². The first-order valence-corrected chi connectivity index (χ1v) is 8.07. The summed E-state index contributed by atoms with van der Waals surface area (Å²) in [5, 5.41) is 13.3. The summed E-state index contributed by atoms with van der Waals surface area (Å²) >= 11 is 0. The molecule has 0 atom stereocenters. The highest BCUT2D eigenvalue weighted by atomic mass is 16.4. The molecule has 0 saturated heterocycles. The molecule has 0 unspecified atom stereocenters. The van der Waals surface area contributed by atoms with E-state index in [1.807, 2.05) is 29.2 Å². The molecule has 0 aliphatic heterocycles. The summed E-state index contributed by atoms with van der Waals surface area (Å²) in [4.78, 5) is 10.8. The average Bonchev–Trinajstić information content (AvgIpc) is 3.00. The number of carboxylic acid groups (broad SMARTS) is 1. The van der Waals surface area contributed by atoms with Crippen LogP contribution in [-0.4, -0.2) is 20.9 Å². The van der Waals surface area contributed by atoms with Crippen LogP contribution in [0.2, 0.25) is 0 Å². The van der Waals surface area contributed by atoms with Gasteiger partial charge in [-0.2, -0.15) is 5.10 Å². The van der Waals surface area contributed by atoms with E-state index in [1.54, 1.807) is 12.1 Å². The maximum Gasteiger partial charge on any atom is 0.335 e. The van der Waals surface area contributed by atoms with Crippen LogP contribution in [0.25, 0.3) is 11.1 Å². The molecule has 118 valence electrons. The first-order valence-electron chi connectivity index (χ1n) is 8.07. The van der Waals surface area contributed by atoms with E-state index in [0.29, 0.717) is 5.56 Å². The molecule has 1 aromatic heterocycles. The Balaban J connectivity index is 1.84. The molecule has 0 aliphatic carbocycles. The van der Waals surface area contributed by atoms with Gasteiger partial charge in [0.1, 0.15) is 0 Å². The highest BCUT2D eigenvalue weighted by Gasteiger charge is 2.05.